The number of amides is 1. The number of hydrogen-bond donors (Lipinski definition) is 2. The van der Waals surface area contributed by atoms with Crippen molar-refractivity contribution >= 4 is 11.6 Å². The maximum Gasteiger partial charge on any atom is 0.233 e. The van der Waals surface area contributed by atoms with Crippen LogP contribution in [0, 0.1) is 0 Å². The summed E-state index contributed by atoms with van der Waals surface area (Å²) in [5.74, 6) is 0.0532. The summed E-state index contributed by atoms with van der Waals surface area (Å²) in [5, 5.41) is 5.94. The van der Waals surface area contributed by atoms with Crippen LogP contribution >= 0.6 is 0 Å². The third-order valence-corrected chi connectivity index (χ3v) is 3.65. The number of hydrogen-bond acceptors (Lipinski definition) is 3. The fraction of sp³-hybridized carbons (Fsp3) is 0.562. The molecule has 1 fully saturated rings. The lowest BCUT2D eigenvalue weighted by molar-refractivity contribution is -0.120. The summed E-state index contributed by atoms with van der Waals surface area (Å²) >= 11 is 0. The van der Waals surface area contributed by atoms with E-state index in [1.807, 2.05) is 6.92 Å². The van der Waals surface area contributed by atoms with E-state index in [0.29, 0.717) is 13.1 Å². The zero-order valence-corrected chi connectivity index (χ0v) is 12.3. The Hall–Kier alpha value is -1.55. The normalized spacial score (nSPS) is 15.2. The van der Waals surface area contributed by atoms with Gasteiger partial charge in [0.1, 0.15) is 0 Å². The molecule has 1 aromatic rings. The van der Waals surface area contributed by atoms with Gasteiger partial charge in [0.2, 0.25) is 5.91 Å². The van der Waals surface area contributed by atoms with Crippen LogP contribution in [-0.4, -0.2) is 32.1 Å². The van der Waals surface area contributed by atoms with E-state index in [1.165, 1.54) is 43.6 Å². The van der Waals surface area contributed by atoms with E-state index in [9.17, 15) is 4.79 Å². The summed E-state index contributed by atoms with van der Waals surface area (Å²) in [6.07, 6.45) is 3.96. The molecule has 4 heteroatoms. The van der Waals surface area contributed by atoms with Crippen LogP contribution in [0.15, 0.2) is 24.3 Å². The Kier molecular flexibility index (Phi) is 5.87. The first-order valence-corrected chi connectivity index (χ1v) is 7.61. The minimum absolute atomic E-state index is 0.0532. The zero-order chi connectivity index (χ0) is 14.2. The van der Waals surface area contributed by atoms with Gasteiger partial charge in [-0.15, -0.1) is 0 Å². The number of carbonyl (C=O) groups is 1. The Morgan fingerprint density at radius 1 is 1.15 bits per heavy atom. The van der Waals surface area contributed by atoms with Crippen LogP contribution in [0.1, 0.15) is 31.7 Å². The SMILES string of the molecule is CCNC(=O)CNCc1ccc(N2CCCCC2)cc1. The highest BCUT2D eigenvalue weighted by Crippen LogP contribution is 2.20. The predicted molar refractivity (Wildman–Crippen MR) is 82.9 cm³/mol. The third-order valence-electron chi connectivity index (χ3n) is 3.65. The van der Waals surface area contributed by atoms with Gasteiger partial charge in [-0.25, -0.2) is 0 Å². The monoisotopic (exact) mass is 275 g/mol. The molecule has 0 aromatic heterocycles. The van der Waals surface area contributed by atoms with E-state index in [4.69, 9.17) is 0 Å². The molecule has 1 aliphatic heterocycles. The van der Waals surface area contributed by atoms with Gasteiger partial charge in [-0.05, 0) is 43.9 Å². The van der Waals surface area contributed by atoms with Gasteiger partial charge in [-0.3, -0.25) is 4.79 Å². The quantitative estimate of drug-likeness (QED) is 0.833. The molecule has 0 aliphatic carbocycles. The second-order valence-corrected chi connectivity index (χ2v) is 5.27. The molecular formula is C16H25N3O. The molecule has 1 saturated heterocycles. The summed E-state index contributed by atoms with van der Waals surface area (Å²) < 4.78 is 0. The van der Waals surface area contributed by atoms with Crippen LogP contribution in [0.4, 0.5) is 5.69 Å². The summed E-state index contributed by atoms with van der Waals surface area (Å²) in [6, 6.07) is 8.67. The van der Waals surface area contributed by atoms with E-state index in [2.05, 4.69) is 39.8 Å². The Bertz CT molecular complexity index is 410. The summed E-state index contributed by atoms with van der Waals surface area (Å²) in [7, 11) is 0. The Morgan fingerprint density at radius 2 is 1.85 bits per heavy atom. The van der Waals surface area contributed by atoms with Gasteiger partial charge in [0.15, 0.2) is 0 Å². The van der Waals surface area contributed by atoms with Crippen LogP contribution in [0.5, 0.6) is 0 Å². The lowest BCUT2D eigenvalue weighted by Gasteiger charge is -2.28. The number of nitrogens with one attached hydrogen (secondary N) is 2. The van der Waals surface area contributed by atoms with E-state index in [-0.39, 0.29) is 5.91 Å². The molecule has 0 unspecified atom stereocenters. The Balaban J connectivity index is 1.77. The highest BCUT2D eigenvalue weighted by molar-refractivity contribution is 5.77. The predicted octanol–water partition coefficient (Wildman–Crippen LogP) is 1.90. The van der Waals surface area contributed by atoms with Crippen molar-refractivity contribution in [3.8, 4) is 0 Å². The van der Waals surface area contributed by atoms with Crippen molar-refractivity contribution in [1.29, 1.82) is 0 Å². The topological polar surface area (TPSA) is 44.4 Å². The Labute approximate surface area is 121 Å². The highest BCUT2D eigenvalue weighted by Gasteiger charge is 2.10. The molecule has 20 heavy (non-hydrogen) atoms. The van der Waals surface area contributed by atoms with Crippen LogP contribution in [-0.2, 0) is 11.3 Å². The van der Waals surface area contributed by atoms with Gasteiger partial charge in [0, 0.05) is 31.9 Å². The molecule has 1 heterocycles. The second-order valence-electron chi connectivity index (χ2n) is 5.27. The van der Waals surface area contributed by atoms with Crippen LogP contribution in [0.2, 0.25) is 0 Å². The number of anilines is 1. The van der Waals surface area contributed by atoms with E-state index < -0.39 is 0 Å². The second kappa shape index (κ2) is 7.90. The highest BCUT2D eigenvalue weighted by atomic mass is 16.1. The average molecular weight is 275 g/mol. The fourth-order valence-electron chi connectivity index (χ4n) is 2.56. The van der Waals surface area contributed by atoms with Gasteiger partial charge in [-0.1, -0.05) is 12.1 Å². The van der Waals surface area contributed by atoms with E-state index in [1.54, 1.807) is 0 Å². The van der Waals surface area contributed by atoms with Crippen molar-refractivity contribution in [2.75, 3.05) is 31.1 Å². The van der Waals surface area contributed by atoms with Gasteiger partial charge in [0.05, 0.1) is 6.54 Å². The molecule has 4 nitrogen and oxygen atoms in total. The average Bonchev–Trinajstić information content (AvgIpc) is 2.49. The molecular weight excluding hydrogens is 250 g/mol. The molecule has 110 valence electrons. The van der Waals surface area contributed by atoms with Gasteiger partial charge >= 0.3 is 0 Å². The first-order valence-electron chi connectivity index (χ1n) is 7.61. The van der Waals surface area contributed by atoms with E-state index in [0.717, 1.165) is 6.54 Å². The molecule has 0 spiro atoms. The van der Waals surface area contributed by atoms with Crippen molar-refractivity contribution in [2.24, 2.45) is 0 Å². The molecule has 2 rings (SSSR count). The molecule has 2 N–H and O–H groups in total. The largest absolute Gasteiger partial charge is 0.372 e. The summed E-state index contributed by atoms with van der Waals surface area (Å²) in [5.41, 5.74) is 2.53. The number of piperidine rings is 1. The molecule has 1 aromatic carbocycles. The molecule has 1 aliphatic rings. The molecule has 0 radical (unpaired) electrons. The number of carbonyl (C=O) groups excluding carboxylic acids is 1. The smallest absolute Gasteiger partial charge is 0.233 e. The molecule has 0 saturated carbocycles. The minimum atomic E-state index is 0.0532. The first-order chi connectivity index (χ1) is 9.79. The van der Waals surface area contributed by atoms with Gasteiger partial charge in [0.25, 0.3) is 0 Å². The van der Waals surface area contributed by atoms with Gasteiger partial charge < -0.3 is 15.5 Å². The molecule has 1 amide bonds. The zero-order valence-electron chi connectivity index (χ0n) is 12.3. The van der Waals surface area contributed by atoms with Crippen molar-refractivity contribution in [3.05, 3.63) is 29.8 Å². The lowest BCUT2D eigenvalue weighted by Crippen LogP contribution is -2.33. The van der Waals surface area contributed by atoms with Crippen molar-refractivity contribution in [3.63, 3.8) is 0 Å². The number of benzene rings is 1. The number of likely N-dealkylation sites (N-methyl/N-ethyl adjacent to an activating group) is 1. The van der Waals surface area contributed by atoms with Crippen molar-refractivity contribution < 1.29 is 4.79 Å². The van der Waals surface area contributed by atoms with Crippen LogP contribution in [0.3, 0.4) is 0 Å². The fourth-order valence-corrected chi connectivity index (χ4v) is 2.56. The number of rotatable bonds is 6. The van der Waals surface area contributed by atoms with E-state index >= 15 is 0 Å². The standard InChI is InChI=1S/C16H25N3O/c1-2-18-16(20)13-17-12-14-6-8-15(9-7-14)19-10-4-3-5-11-19/h6-9,17H,2-5,10-13H2,1H3,(H,18,20). The van der Waals surface area contributed by atoms with Gasteiger partial charge in [-0.2, -0.15) is 0 Å². The summed E-state index contributed by atoms with van der Waals surface area (Å²) in [6.45, 7) is 6.07. The Morgan fingerprint density at radius 3 is 2.50 bits per heavy atom. The van der Waals surface area contributed by atoms with Crippen LogP contribution in [0.25, 0.3) is 0 Å². The lowest BCUT2D eigenvalue weighted by atomic mass is 10.1. The van der Waals surface area contributed by atoms with Crippen molar-refractivity contribution in [1.82, 2.24) is 10.6 Å². The molecule has 0 atom stereocenters. The summed E-state index contributed by atoms with van der Waals surface area (Å²) in [4.78, 5) is 13.8. The maximum absolute atomic E-state index is 11.3. The third kappa shape index (κ3) is 4.53. The molecule has 0 bridgehead atoms. The number of nitrogens with zero attached hydrogens (tertiary/aromatic N) is 1. The first kappa shape index (κ1) is 14.9. The van der Waals surface area contributed by atoms with Crippen LogP contribution < -0.4 is 15.5 Å². The minimum Gasteiger partial charge on any atom is -0.372 e. The van der Waals surface area contributed by atoms with Crippen molar-refractivity contribution in [2.45, 2.75) is 32.7 Å². The maximum atomic E-state index is 11.3.